The molecule has 9 nitrogen and oxygen atoms in total. The molecule has 282 valence electrons. The van der Waals surface area contributed by atoms with Gasteiger partial charge in [0, 0.05) is 16.4 Å². The molecule has 3 aromatic rings. The fraction of sp³-hybridized carbons (Fsp3) is 0.429. The van der Waals surface area contributed by atoms with Crippen LogP contribution in [-0.2, 0) is 46.2 Å². The normalized spacial score (nSPS) is 11.5. The molecule has 3 rings (SSSR count). The van der Waals surface area contributed by atoms with Gasteiger partial charge in [-0.1, -0.05) is 54.6 Å². The van der Waals surface area contributed by atoms with E-state index in [9.17, 15) is 9.59 Å². The van der Waals surface area contributed by atoms with Gasteiger partial charge in [0.2, 0.25) is 18.2 Å². The number of ether oxygens (including phenoxy) is 6. The van der Waals surface area contributed by atoms with Crippen LogP contribution in [0.5, 0.6) is 0 Å². The third kappa shape index (κ3) is 11.2. The number of rotatable bonds is 25. The lowest BCUT2D eigenvalue weighted by Gasteiger charge is -2.24. The van der Waals surface area contributed by atoms with Crippen LogP contribution < -0.4 is 5.30 Å². The van der Waals surface area contributed by atoms with Crippen molar-refractivity contribution in [2.75, 3.05) is 66.1 Å². The van der Waals surface area contributed by atoms with Gasteiger partial charge in [0.1, 0.15) is 0 Å². The van der Waals surface area contributed by atoms with E-state index in [0.717, 1.165) is 22.3 Å². The van der Waals surface area contributed by atoms with Gasteiger partial charge in [-0.15, -0.1) is 13.2 Å². The summed E-state index contributed by atoms with van der Waals surface area (Å²) in [6.07, 6.45) is 3.37. The van der Waals surface area contributed by atoms with E-state index in [2.05, 4.69) is 13.2 Å². The van der Waals surface area contributed by atoms with Gasteiger partial charge in [-0.3, -0.25) is 9.59 Å². The van der Waals surface area contributed by atoms with E-state index in [4.69, 9.17) is 28.4 Å². The lowest BCUT2D eigenvalue weighted by Crippen LogP contribution is -2.24. The number of hydrogen-bond donors (Lipinski definition) is 0. The average molecular weight is 735 g/mol. The van der Waals surface area contributed by atoms with Gasteiger partial charge in [-0.2, -0.15) is 0 Å². The van der Waals surface area contributed by atoms with Crippen LogP contribution >= 0.6 is 7.14 Å². The van der Waals surface area contributed by atoms with Crippen molar-refractivity contribution < 1.29 is 42.6 Å². The lowest BCUT2D eigenvalue weighted by atomic mass is 9.94. The first kappa shape index (κ1) is 42.9. The minimum atomic E-state index is -4.42. The average Bonchev–Trinajstić information content (AvgIpc) is 3.12. The van der Waals surface area contributed by atoms with Crippen LogP contribution in [0.3, 0.4) is 0 Å². The number of hydrogen-bond acceptors (Lipinski definition) is 9. The maximum atomic E-state index is 15.4. The Hall–Kier alpha value is -3.53. The zero-order valence-corrected chi connectivity index (χ0v) is 32.6. The van der Waals surface area contributed by atoms with E-state index >= 15 is 4.57 Å². The van der Waals surface area contributed by atoms with Crippen molar-refractivity contribution >= 4 is 23.5 Å². The highest BCUT2D eigenvalue weighted by Gasteiger charge is 2.45. The summed E-state index contributed by atoms with van der Waals surface area (Å²) >= 11 is 0. The Bertz CT molecular complexity index is 1610. The van der Waals surface area contributed by atoms with E-state index in [1.165, 1.54) is 0 Å². The number of carbonyl (C=O) groups is 2. The second kappa shape index (κ2) is 21.9. The zero-order valence-electron chi connectivity index (χ0n) is 31.7. The molecule has 0 atom stereocenters. The largest absolute Gasteiger partial charge is 0.377 e. The summed E-state index contributed by atoms with van der Waals surface area (Å²) < 4.78 is 49.1. The van der Waals surface area contributed by atoms with Crippen LogP contribution in [0.25, 0.3) is 0 Å². The summed E-state index contributed by atoms with van der Waals surface area (Å²) in [5.41, 5.74) is 5.27. The SMILES string of the molecule is C=CCOCCOCCOCc1c(C)cc(C)c(C(=O)P(=O)(C(=O)c2c(C)cc(C)c(COCCOCCOCC=C)c2C)c2ccccc2)c1C. The van der Waals surface area contributed by atoms with Crippen LogP contribution in [0.1, 0.15) is 65.2 Å². The molecule has 0 aliphatic heterocycles. The maximum absolute atomic E-state index is 15.4. The second-order valence-electron chi connectivity index (χ2n) is 12.6. The van der Waals surface area contributed by atoms with Gasteiger partial charge in [0.15, 0.2) is 0 Å². The second-order valence-corrected chi connectivity index (χ2v) is 15.1. The Morgan fingerprint density at radius 2 is 0.923 bits per heavy atom. The van der Waals surface area contributed by atoms with E-state index in [-0.39, 0.29) is 29.6 Å². The van der Waals surface area contributed by atoms with Crippen molar-refractivity contribution in [3.63, 3.8) is 0 Å². The molecule has 0 amide bonds. The van der Waals surface area contributed by atoms with Crippen molar-refractivity contribution in [1.29, 1.82) is 0 Å². The summed E-state index contributed by atoms with van der Waals surface area (Å²) in [5.74, 6) is 0. The van der Waals surface area contributed by atoms with Crippen LogP contribution in [0.2, 0.25) is 0 Å². The fourth-order valence-corrected chi connectivity index (χ4v) is 8.76. The molecule has 0 saturated carbocycles. The first-order chi connectivity index (χ1) is 25.0. The Morgan fingerprint density at radius 3 is 1.31 bits per heavy atom. The first-order valence-corrected chi connectivity index (χ1v) is 19.3. The smallest absolute Gasteiger partial charge is 0.248 e. The molecular weight excluding hydrogens is 679 g/mol. The van der Waals surface area contributed by atoms with Gasteiger partial charge in [-0.25, -0.2) is 0 Å². The van der Waals surface area contributed by atoms with E-state index in [0.29, 0.717) is 88.3 Å². The van der Waals surface area contributed by atoms with E-state index in [1.807, 2.05) is 53.7 Å². The summed E-state index contributed by atoms with van der Waals surface area (Å²) in [4.78, 5) is 29.7. The molecule has 0 spiro atoms. The molecular formula is C42H55O9P. The molecule has 0 aliphatic rings. The molecule has 0 heterocycles. The molecule has 0 bridgehead atoms. The Morgan fingerprint density at radius 1 is 0.558 bits per heavy atom. The lowest BCUT2D eigenvalue weighted by molar-refractivity contribution is 0.0150. The highest BCUT2D eigenvalue weighted by atomic mass is 31.2. The quantitative estimate of drug-likeness (QED) is 0.0493. The monoisotopic (exact) mass is 734 g/mol. The third-order valence-corrected chi connectivity index (χ3v) is 11.5. The standard InChI is InChI=1S/C42H55O9P/c1-9-16-46-18-20-48-22-24-50-28-37-30(3)26-32(5)39(34(37)7)41(43)52(45,36-14-12-11-13-15-36)42(44)40-33(6)27-31(4)38(35(40)8)29-51-25-23-49-21-19-47-17-10-2/h9-15,26-27H,1-2,16-25,28-29H2,3-8H3. The topological polar surface area (TPSA) is 107 Å². The van der Waals surface area contributed by atoms with Crippen LogP contribution in [0.15, 0.2) is 67.8 Å². The highest BCUT2D eigenvalue weighted by molar-refractivity contribution is 8.01. The van der Waals surface area contributed by atoms with Crippen molar-refractivity contribution in [2.45, 2.75) is 54.8 Å². The van der Waals surface area contributed by atoms with Crippen molar-refractivity contribution in [3.8, 4) is 0 Å². The number of benzene rings is 3. The summed E-state index contributed by atoms with van der Waals surface area (Å²) in [6.45, 7) is 23.1. The van der Waals surface area contributed by atoms with E-state index < -0.39 is 18.2 Å². The number of aryl methyl sites for hydroxylation is 4. The molecule has 3 aromatic carbocycles. The highest BCUT2D eigenvalue weighted by Crippen LogP contribution is 2.53. The molecule has 0 aromatic heterocycles. The van der Waals surface area contributed by atoms with Crippen LogP contribution in [0, 0.1) is 41.5 Å². The Labute approximate surface area is 309 Å². The molecule has 10 heteroatoms. The molecule has 0 saturated heterocycles. The summed E-state index contributed by atoms with van der Waals surface area (Å²) in [5, 5.41) is 0.197. The third-order valence-electron chi connectivity index (χ3n) is 8.83. The molecule has 0 radical (unpaired) electrons. The Kier molecular flexibility index (Phi) is 18.0. The minimum absolute atomic E-state index is 0.197. The number of carbonyl (C=O) groups excluding carboxylic acids is 2. The van der Waals surface area contributed by atoms with E-state index in [1.54, 1.807) is 42.5 Å². The van der Waals surface area contributed by atoms with Gasteiger partial charge >= 0.3 is 0 Å². The van der Waals surface area contributed by atoms with Crippen molar-refractivity contribution in [1.82, 2.24) is 0 Å². The van der Waals surface area contributed by atoms with Gasteiger partial charge in [0.25, 0.3) is 0 Å². The molecule has 0 N–H and O–H groups in total. The predicted octanol–water partition coefficient (Wildman–Crippen LogP) is 7.68. The van der Waals surface area contributed by atoms with Crippen molar-refractivity contribution in [3.05, 3.63) is 123 Å². The molecule has 52 heavy (non-hydrogen) atoms. The zero-order chi connectivity index (χ0) is 38.1. The van der Waals surface area contributed by atoms with Gasteiger partial charge < -0.3 is 33.0 Å². The Balaban J connectivity index is 1.90. The van der Waals surface area contributed by atoms with Crippen LogP contribution in [-0.4, -0.2) is 77.1 Å². The maximum Gasteiger partial charge on any atom is 0.248 e. The molecule has 0 unspecified atom stereocenters. The molecule has 0 aliphatic carbocycles. The summed E-state index contributed by atoms with van der Waals surface area (Å²) in [7, 11) is -4.42. The minimum Gasteiger partial charge on any atom is -0.377 e. The first-order valence-electron chi connectivity index (χ1n) is 17.6. The fourth-order valence-electron chi connectivity index (χ4n) is 6.19. The predicted molar refractivity (Wildman–Crippen MR) is 207 cm³/mol. The molecule has 0 fully saturated rings. The van der Waals surface area contributed by atoms with Gasteiger partial charge in [-0.05, 0) is 86.1 Å². The van der Waals surface area contributed by atoms with Crippen molar-refractivity contribution in [2.24, 2.45) is 0 Å². The van der Waals surface area contributed by atoms with Crippen LogP contribution in [0.4, 0.5) is 0 Å². The van der Waals surface area contributed by atoms with Gasteiger partial charge in [0.05, 0.1) is 79.3 Å². The summed E-state index contributed by atoms with van der Waals surface area (Å²) in [6, 6.07) is 12.2.